The molecule has 0 aromatic heterocycles. The van der Waals surface area contributed by atoms with Crippen LogP contribution in [0.3, 0.4) is 0 Å². The summed E-state index contributed by atoms with van der Waals surface area (Å²) in [7, 11) is 0. The van der Waals surface area contributed by atoms with E-state index in [0.29, 0.717) is 12.6 Å². The summed E-state index contributed by atoms with van der Waals surface area (Å²) in [6.07, 6.45) is 6.35. The fourth-order valence-electron chi connectivity index (χ4n) is 3.18. The highest BCUT2D eigenvalue weighted by Crippen LogP contribution is 2.14. The van der Waals surface area contributed by atoms with Crippen molar-refractivity contribution in [3.63, 3.8) is 0 Å². The topological polar surface area (TPSA) is 55.8 Å². The molecule has 0 spiro atoms. The van der Waals surface area contributed by atoms with E-state index in [4.69, 9.17) is 0 Å². The Kier molecular flexibility index (Phi) is 6.10. The minimum atomic E-state index is -0.346. The summed E-state index contributed by atoms with van der Waals surface area (Å²) in [5, 5.41) is 12.6. The van der Waals surface area contributed by atoms with Gasteiger partial charge in [0.05, 0.1) is 6.10 Å². The molecule has 2 N–H and O–H groups in total. The summed E-state index contributed by atoms with van der Waals surface area (Å²) in [5.41, 5.74) is 0. The number of likely N-dealkylation sites (tertiary alicyclic amines) is 2. The molecule has 20 heavy (non-hydrogen) atoms. The molecule has 0 unspecified atom stereocenters. The zero-order valence-corrected chi connectivity index (χ0v) is 12.7. The van der Waals surface area contributed by atoms with E-state index < -0.39 is 0 Å². The maximum atomic E-state index is 12.0. The van der Waals surface area contributed by atoms with E-state index in [1.165, 1.54) is 32.4 Å². The molecule has 2 aliphatic heterocycles. The van der Waals surface area contributed by atoms with Crippen LogP contribution < -0.4 is 5.32 Å². The third-order valence-electron chi connectivity index (χ3n) is 4.54. The first kappa shape index (κ1) is 15.6. The van der Waals surface area contributed by atoms with Crippen LogP contribution in [-0.4, -0.2) is 65.8 Å². The van der Waals surface area contributed by atoms with Crippen molar-refractivity contribution in [1.29, 1.82) is 0 Å². The molecule has 0 radical (unpaired) electrons. The molecule has 2 rings (SSSR count). The van der Waals surface area contributed by atoms with E-state index >= 15 is 0 Å². The lowest BCUT2D eigenvalue weighted by molar-refractivity contribution is 0.0839. The number of rotatable bonds is 4. The van der Waals surface area contributed by atoms with E-state index in [-0.39, 0.29) is 12.1 Å². The van der Waals surface area contributed by atoms with Crippen molar-refractivity contribution < 1.29 is 9.90 Å². The van der Waals surface area contributed by atoms with E-state index in [1.54, 1.807) is 4.90 Å². The van der Waals surface area contributed by atoms with Gasteiger partial charge in [-0.25, -0.2) is 4.79 Å². The van der Waals surface area contributed by atoms with Crippen molar-refractivity contribution >= 4 is 6.03 Å². The third-order valence-corrected chi connectivity index (χ3v) is 4.54. The van der Waals surface area contributed by atoms with Crippen molar-refractivity contribution in [2.45, 2.75) is 57.6 Å². The number of aliphatic hydroxyl groups excluding tert-OH is 1. The van der Waals surface area contributed by atoms with Crippen LogP contribution in [0.1, 0.15) is 45.4 Å². The molecule has 116 valence electrons. The molecule has 2 atom stereocenters. The number of amides is 2. The first-order valence-electron chi connectivity index (χ1n) is 8.11. The highest BCUT2D eigenvalue weighted by molar-refractivity contribution is 5.74. The first-order valence-corrected chi connectivity index (χ1v) is 8.11. The largest absolute Gasteiger partial charge is 0.391 e. The number of carbonyl (C=O) groups is 1. The van der Waals surface area contributed by atoms with Gasteiger partial charge in [0.1, 0.15) is 0 Å². The van der Waals surface area contributed by atoms with Crippen LogP contribution in [0.2, 0.25) is 0 Å². The smallest absolute Gasteiger partial charge is 0.317 e. The monoisotopic (exact) mass is 283 g/mol. The van der Waals surface area contributed by atoms with Crippen molar-refractivity contribution in [3.05, 3.63) is 0 Å². The van der Waals surface area contributed by atoms with Crippen LogP contribution in [0.15, 0.2) is 0 Å². The first-order chi connectivity index (χ1) is 9.66. The van der Waals surface area contributed by atoms with Gasteiger partial charge in [-0.1, -0.05) is 6.42 Å². The van der Waals surface area contributed by atoms with Crippen LogP contribution in [0.5, 0.6) is 0 Å². The average Bonchev–Trinajstić information content (AvgIpc) is 2.48. The average molecular weight is 283 g/mol. The van der Waals surface area contributed by atoms with E-state index in [1.807, 2.05) is 0 Å². The number of nitrogens with one attached hydrogen (secondary N) is 1. The lowest BCUT2D eigenvalue weighted by atomic mass is 10.1. The number of nitrogens with zero attached hydrogens (tertiary/aromatic N) is 2. The molecule has 5 nitrogen and oxygen atoms in total. The molecule has 2 amide bonds. The second kappa shape index (κ2) is 7.84. The Morgan fingerprint density at radius 2 is 2.00 bits per heavy atom. The summed E-state index contributed by atoms with van der Waals surface area (Å²) in [4.78, 5) is 16.3. The second-order valence-corrected chi connectivity index (χ2v) is 6.21. The molecule has 2 heterocycles. The number of hydrogen-bond acceptors (Lipinski definition) is 3. The number of aliphatic hydroxyl groups is 1. The molecular weight excluding hydrogens is 254 g/mol. The van der Waals surface area contributed by atoms with Crippen LogP contribution in [0.25, 0.3) is 0 Å². The van der Waals surface area contributed by atoms with Gasteiger partial charge in [-0.3, -0.25) is 0 Å². The molecule has 0 aromatic rings. The highest BCUT2D eigenvalue weighted by Gasteiger charge is 2.22. The predicted molar refractivity (Wildman–Crippen MR) is 79.7 cm³/mol. The summed E-state index contributed by atoms with van der Waals surface area (Å²) in [5.74, 6) is 0. The zero-order chi connectivity index (χ0) is 14.4. The molecule has 5 heteroatoms. The Balaban J connectivity index is 1.63. The van der Waals surface area contributed by atoms with Crippen LogP contribution in [-0.2, 0) is 0 Å². The lowest BCUT2D eigenvalue weighted by Gasteiger charge is -2.33. The van der Waals surface area contributed by atoms with Crippen molar-refractivity contribution in [2.75, 3.05) is 32.7 Å². The predicted octanol–water partition coefficient (Wildman–Crippen LogP) is 1.42. The minimum absolute atomic E-state index is 0.0189. The van der Waals surface area contributed by atoms with Crippen molar-refractivity contribution in [3.8, 4) is 0 Å². The maximum absolute atomic E-state index is 12.0. The second-order valence-electron chi connectivity index (χ2n) is 6.21. The highest BCUT2D eigenvalue weighted by atomic mass is 16.3. The standard InChI is InChI=1S/C15H29N3O2/c1-13(17-9-3-2-4-10-17)7-8-16-15(20)18-11-5-6-14(19)12-18/h13-14,19H,2-12H2,1H3,(H,16,20)/t13-,14+/m1/s1. The van der Waals surface area contributed by atoms with Crippen LogP contribution in [0, 0.1) is 0 Å². The fourth-order valence-corrected chi connectivity index (χ4v) is 3.18. The van der Waals surface area contributed by atoms with Gasteiger partial charge in [-0.2, -0.15) is 0 Å². The summed E-state index contributed by atoms with van der Waals surface area (Å²) in [6, 6.07) is 0.525. The molecule has 2 fully saturated rings. The quantitative estimate of drug-likeness (QED) is 0.820. The molecular formula is C15H29N3O2. The van der Waals surface area contributed by atoms with Gasteiger partial charge < -0.3 is 20.2 Å². The number of hydrogen-bond donors (Lipinski definition) is 2. The molecule has 2 saturated heterocycles. The molecule has 0 aliphatic carbocycles. The molecule has 0 bridgehead atoms. The Labute approximate surface area is 122 Å². The van der Waals surface area contributed by atoms with Crippen molar-refractivity contribution in [2.24, 2.45) is 0 Å². The van der Waals surface area contributed by atoms with Gasteiger partial charge in [0.25, 0.3) is 0 Å². The minimum Gasteiger partial charge on any atom is -0.391 e. The normalized spacial score (nSPS) is 26.3. The number of carbonyl (C=O) groups excluding carboxylic acids is 1. The maximum Gasteiger partial charge on any atom is 0.317 e. The van der Waals surface area contributed by atoms with Gasteiger partial charge >= 0.3 is 6.03 Å². The summed E-state index contributed by atoms with van der Waals surface area (Å²) in [6.45, 7) is 6.63. The number of piperidine rings is 2. The van der Waals surface area contributed by atoms with Gasteiger partial charge in [-0.05, 0) is 52.1 Å². The molecule has 0 saturated carbocycles. The Bertz CT molecular complexity index is 305. The van der Waals surface area contributed by atoms with Gasteiger partial charge in [0, 0.05) is 25.7 Å². The third kappa shape index (κ3) is 4.63. The number of β-amino-alcohol motifs (C(OH)–C–C–N with tert-alkyl or cyclic N) is 1. The van der Waals surface area contributed by atoms with E-state index in [2.05, 4.69) is 17.1 Å². The van der Waals surface area contributed by atoms with Crippen LogP contribution in [0.4, 0.5) is 4.79 Å². The van der Waals surface area contributed by atoms with Crippen molar-refractivity contribution in [1.82, 2.24) is 15.1 Å². The van der Waals surface area contributed by atoms with E-state index in [9.17, 15) is 9.90 Å². The Morgan fingerprint density at radius 1 is 1.25 bits per heavy atom. The molecule has 2 aliphatic rings. The number of urea groups is 1. The van der Waals surface area contributed by atoms with Gasteiger partial charge in [0.2, 0.25) is 0 Å². The molecule has 0 aromatic carbocycles. The Hall–Kier alpha value is -0.810. The summed E-state index contributed by atoms with van der Waals surface area (Å²) < 4.78 is 0. The summed E-state index contributed by atoms with van der Waals surface area (Å²) >= 11 is 0. The Morgan fingerprint density at radius 3 is 2.70 bits per heavy atom. The lowest BCUT2D eigenvalue weighted by Crippen LogP contribution is -2.48. The van der Waals surface area contributed by atoms with Gasteiger partial charge in [0.15, 0.2) is 0 Å². The van der Waals surface area contributed by atoms with Gasteiger partial charge in [-0.15, -0.1) is 0 Å². The zero-order valence-electron chi connectivity index (χ0n) is 12.7. The fraction of sp³-hybridized carbons (Fsp3) is 0.933. The van der Waals surface area contributed by atoms with Crippen LogP contribution >= 0.6 is 0 Å². The van der Waals surface area contributed by atoms with E-state index in [0.717, 1.165) is 32.4 Å². The SMILES string of the molecule is C[C@H](CCNC(=O)N1CCC[C@H](O)C1)N1CCCCC1.